The van der Waals surface area contributed by atoms with Gasteiger partial charge in [-0.05, 0) is 18.2 Å². The van der Waals surface area contributed by atoms with Gasteiger partial charge in [0.1, 0.15) is 0 Å². The number of hydrogen-bond donors (Lipinski definition) is 1. The van der Waals surface area contributed by atoms with Crippen LogP contribution in [-0.4, -0.2) is 68.3 Å². The molecule has 1 heterocycles. The van der Waals surface area contributed by atoms with Crippen molar-refractivity contribution in [3.05, 3.63) is 23.8 Å². The minimum atomic E-state index is -0.444. The second kappa shape index (κ2) is 7.77. The summed E-state index contributed by atoms with van der Waals surface area (Å²) in [5, 5.41) is 9.48. The first kappa shape index (κ1) is 16.3. The Morgan fingerprint density at radius 2 is 2.05 bits per heavy atom. The Morgan fingerprint density at radius 1 is 1.32 bits per heavy atom. The van der Waals surface area contributed by atoms with Crippen LogP contribution < -0.4 is 4.74 Å². The fourth-order valence-corrected chi connectivity index (χ4v) is 2.07. The molecule has 7 nitrogen and oxygen atoms in total. The van der Waals surface area contributed by atoms with E-state index < -0.39 is 5.97 Å². The molecular formula is C15H19NO6. The zero-order valence-electron chi connectivity index (χ0n) is 12.4. The first-order chi connectivity index (χ1) is 10.6. The quantitative estimate of drug-likeness (QED) is 0.603. The van der Waals surface area contributed by atoms with Gasteiger partial charge in [-0.25, -0.2) is 0 Å². The number of ether oxygens (including phenoxy) is 3. The summed E-state index contributed by atoms with van der Waals surface area (Å²) in [7, 11) is 1.39. The summed E-state index contributed by atoms with van der Waals surface area (Å²) in [5.41, 5.74) is 0.314. The second-order valence-corrected chi connectivity index (χ2v) is 4.86. The number of phenolic OH excluding ortho intramolecular Hbond substituents is 1. The summed E-state index contributed by atoms with van der Waals surface area (Å²) in [6.07, 6.45) is 0. The van der Waals surface area contributed by atoms with E-state index in [0.717, 1.165) is 0 Å². The Balaban J connectivity index is 1.82. The molecule has 0 aromatic heterocycles. The predicted octanol–water partition coefficient (Wildman–Crippen LogP) is 0.459. The van der Waals surface area contributed by atoms with E-state index in [-0.39, 0.29) is 30.4 Å². The molecule has 120 valence electrons. The number of rotatable bonds is 6. The summed E-state index contributed by atoms with van der Waals surface area (Å²) in [6.45, 7) is 2.36. The van der Waals surface area contributed by atoms with Crippen LogP contribution in [0.5, 0.6) is 11.5 Å². The van der Waals surface area contributed by atoms with Crippen molar-refractivity contribution in [3.8, 4) is 11.5 Å². The number of morpholine rings is 1. The molecule has 0 saturated carbocycles. The van der Waals surface area contributed by atoms with Crippen LogP contribution in [0, 0.1) is 0 Å². The highest BCUT2D eigenvalue weighted by molar-refractivity contribution is 5.98. The Hall–Kier alpha value is -2.12. The number of carbonyl (C=O) groups is 2. The van der Waals surface area contributed by atoms with Crippen molar-refractivity contribution < 1.29 is 28.9 Å². The largest absolute Gasteiger partial charge is 0.504 e. The summed E-state index contributed by atoms with van der Waals surface area (Å²) in [5.74, 6) is -0.650. The van der Waals surface area contributed by atoms with Crippen LogP contribution in [0.15, 0.2) is 18.2 Å². The SMILES string of the molecule is COc1cc(C(=O)COC(=O)CN2CCOCC2)ccc1O. The van der Waals surface area contributed by atoms with Gasteiger partial charge in [0.05, 0.1) is 26.9 Å². The lowest BCUT2D eigenvalue weighted by atomic mass is 10.1. The Labute approximate surface area is 128 Å². The number of esters is 1. The minimum Gasteiger partial charge on any atom is -0.504 e. The molecule has 2 rings (SSSR count). The van der Waals surface area contributed by atoms with Crippen molar-refractivity contribution >= 4 is 11.8 Å². The third kappa shape index (κ3) is 4.44. The van der Waals surface area contributed by atoms with Gasteiger partial charge in [0, 0.05) is 18.7 Å². The average Bonchev–Trinajstić information content (AvgIpc) is 2.54. The summed E-state index contributed by atoms with van der Waals surface area (Å²) in [6, 6.07) is 4.23. The normalized spacial score (nSPS) is 15.3. The maximum atomic E-state index is 12.0. The van der Waals surface area contributed by atoms with Gasteiger partial charge in [0.15, 0.2) is 23.9 Å². The lowest BCUT2D eigenvalue weighted by Crippen LogP contribution is -2.40. The van der Waals surface area contributed by atoms with E-state index in [2.05, 4.69) is 0 Å². The van der Waals surface area contributed by atoms with Gasteiger partial charge in [-0.2, -0.15) is 0 Å². The molecule has 0 spiro atoms. The average molecular weight is 309 g/mol. The van der Waals surface area contributed by atoms with Crippen molar-refractivity contribution in [3.63, 3.8) is 0 Å². The molecule has 1 aromatic carbocycles. The molecule has 0 aliphatic carbocycles. The van der Waals surface area contributed by atoms with Gasteiger partial charge in [0.2, 0.25) is 0 Å². The number of aromatic hydroxyl groups is 1. The first-order valence-corrected chi connectivity index (χ1v) is 6.96. The van der Waals surface area contributed by atoms with Gasteiger partial charge in [-0.1, -0.05) is 0 Å². The molecular weight excluding hydrogens is 290 g/mol. The van der Waals surface area contributed by atoms with E-state index in [1.54, 1.807) is 0 Å². The number of ketones is 1. The predicted molar refractivity (Wildman–Crippen MR) is 77.2 cm³/mol. The van der Waals surface area contributed by atoms with Crippen LogP contribution in [0.25, 0.3) is 0 Å². The number of benzene rings is 1. The number of Topliss-reactive ketones (excluding diaryl/α,β-unsaturated/α-hetero) is 1. The lowest BCUT2D eigenvalue weighted by molar-refractivity contribution is -0.144. The molecule has 0 atom stereocenters. The van der Waals surface area contributed by atoms with E-state index in [1.165, 1.54) is 25.3 Å². The number of hydrogen-bond acceptors (Lipinski definition) is 7. The third-order valence-electron chi connectivity index (χ3n) is 3.32. The van der Waals surface area contributed by atoms with Gasteiger partial charge < -0.3 is 19.3 Å². The fraction of sp³-hybridized carbons (Fsp3) is 0.467. The van der Waals surface area contributed by atoms with Gasteiger partial charge >= 0.3 is 5.97 Å². The van der Waals surface area contributed by atoms with Crippen molar-refractivity contribution in [1.82, 2.24) is 4.90 Å². The van der Waals surface area contributed by atoms with Crippen LogP contribution in [0.4, 0.5) is 0 Å². The zero-order valence-corrected chi connectivity index (χ0v) is 12.4. The van der Waals surface area contributed by atoms with Crippen LogP contribution in [-0.2, 0) is 14.3 Å². The van der Waals surface area contributed by atoms with Gasteiger partial charge in [0.25, 0.3) is 0 Å². The Morgan fingerprint density at radius 3 is 2.73 bits per heavy atom. The summed E-state index contributed by atoms with van der Waals surface area (Å²) < 4.78 is 15.1. The molecule has 1 aliphatic rings. The molecule has 0 unspecified atom stereocenters. The monoisotopic (exact) mass is 309 g/mol. The molecule has 1 aromatic rings. The molecule has 0 amide bonds. The molecule has 22 heavy (non-hydrogen) atoms. The topological polar surface area (TPSA) is 85.3 Å². The standard InChI is InChI=1S/C15H19NO6/c1-20-14-8-11(2-3-12(14)17)13(18)10-22-15(19)9-16-4-6-21-7-5-16/h2-3,8,17H,4-7,9-10H2,1H3. The lowest BCUT2D eigenvalue weighted by Gasteiger charge is -2.25. The van der Waals surface area contributed by atoms with Crippen molar-refractivity contribution in [2.75, 3.05) is 46.6 Å². The molecule has 0 bridgehead atoms. The van der Waals surface area contributed by atoms with Crippen LogP contribution in [0.3, 0.4) is 0 Å². The molecule has 1 fully saturated rings. The maximum Gasteiger partial charge on any atom is 0.320 e. The fourth-order valence-electron chi connectivity index (χ4n) is 2.07. The highest BCUT2D eigenvalue weighted by atomic mass is 16.5. The summed E-state index contributed by atoms with van der Waals surface area (Å²) >= 11 is 0. The van der Waals surface area contributed by atoms with Gasteiger partial charge in [-0.3, -0.25) is 14.5 Å². The third-order valence-corrected chi connectivity index (χ3v) is 3.32. The van der Waals surface area contributed by atoms with E-state index in [4.69, 9.17) is 14.2 Å². The smallest absolute Gasteiger partial charge is 0.320 e. The van der Waals surface area contributed by atoms with E-state index in [1.807, 2.05) is 4.90 Å². The maximum absolute atomic E-state index is 12.0. The van der Waals surface area contributed by atoms with Crippen LogP contribution in [0.2, 0.25) is 0 Å². The molecule has 1 aliphatic heterocycles. The van der Waals surface area contributed by atoms with Crippen molar-refractivity contribution in [2.24, 2.45) is 0 Å². The second-order valence-electron chi connectivity index (χ2n) is 4.86. The molecule has 1 saturated heterocycles. The number of nitrogens with zero attached hydrogens (tertiary/aromatic N) is 1. The van der Waals surface area contributed by atoms with Crippen LogP contribution in [0.1, 0.15) is 10.4 Å². The molecule has 0 radical (unpaired) electrons. The minimum absolute atomic E-state index is 0.0524. The zero-order chi connectivity index (χ0) is 15.9. The number of phenols is 1. The summed E-state index contributed by atoms with van der Waals surface area (Å²) in [4.78, 5) is 25.6. The van der Waals surface area contributed by atoms with Crippen molar-refractivity contribution in [2.45, 2.75) is 0 Å². The highest BCUT2D eigenvalue weighted by Gasteiger charge is 2.17. The highest BCUT2D eigenvalue weighted by Crippen LogP contribution is 2.26. The van der Waals surface area contributed by atoms with Crippen molar-refractivity contribution in [1.29, 1.82) is 0 Å². The van der Waals surface area contributed by atoms with E-state index in [0.29, 0.717) is 31.9 Å². The number of carbonyl (C=O) groups excluding carboxylic acids is 2. The first-order valence-electron chi connectivity index (χ1n) is 6.96. The van der Waals surface area contributed by atoms with Gasteiger partial charge in [-0.15, -0.1) is 0 Å². The van der Waals surface area contributed by atoms with E-state index in [9.17, 15) is 14.7 Å². The van der Waals surface area contributed by atoms with E-state index >= 15 is 0 Å². The Kier molecular flexibility index (Phi) is 5.74. The van der Waals surface area contributed by atoms with Crippen LogP contribution >= 0.6 is 0 Å². The number of methoxy groups -OCH3 is 1. The molecule has 1 N–H and O–H groups in total. The Bertz CT molecular complexity index is 539. The molecule has 7 heteroatoms.